The van der Waals surface area contributed by atoms with Gasteiger partial charge >= 0.3 is 18.2 Å². The third kappa shape index (κ3) is 15.3. The second-order valence-electron chi connectivity index (χ2n) is 15.7. The van der Waals surface area contributed by atoms with Crippen molar-refractivity contribution >= 4 is 24.0 Å². The van der Waals surface area contributed by atoms with Gasteiger partial charge in [0.2, 0.25) is 0 Å². The fourth-order valence-electron chi connectivity index (χ4n) is 5.94. The lowest BCUT2D eigenvalue weighted by atomic mass is 9.74. The number of ketones is 1. The van der Waals surface area contributed by atoms with Gasteiger partial charge in [-0.1, -0.05) is 93.9 Å². The van der Waals surface area contributed by atoms with Crippen LogP contribution in [-0.4, -0.2) is 60.7 Å². The van der Waals surface area contributed by atoms with Crippen molar-refractivity contribution in [2.24, 2.45) is 17.3 Å². The molecule has 2 unspecified atom stereocenters. The van der Waals surface area contributed by atoms with Crippen LogP contribution in [0.2, 0.25) is 0 Å². The first kappa shape index (κ1) is 45.9. The van der Waals surface area contributed by atoms with Crippen LogP contribution < -0.4 is 5.32 Å². The number of hydrogen-bond donors (Lipinski definition) is 1. The van der Waals surface area contributed by atoms with E-state index in [1.165, 1.54) is 0 Å². The first-order valence-corrected chi connectivity index (χ1v) is 18.8. The minimum atomic E-state index is -1.23. The SMILES string of the molecule is CC[C@H](OC(=O)OCc1ccccc1)C(C)(C)C(=O)[C@H](C)/C(C)=C(\C)C(C)OC(=O)C(OCOCc1ccccc1)[C@H](CC(C)C)NC(=O)OC(C)(C)C. The quantitative estimate of drug-likeness (QED) is 0.0459. The van der Waals surface area contributed by atoms with Crippen molar-refractivity contribution in [1.82, 2.24) is 5.32 Å². The largest absolute Gasteiger partial charge is 0.508 e. The Morgan fingerprint density at radius 2 is 1.31 bits per heavy atom. The molecule has 5 atom stereocenters. The van der Waals surface area contributed by atoms with E-state index in [9.17, 15) is 19.2 Å². The molecule has 0 bridgehead atoms. The fraction of sp³-hybridized carbons (Fsp3) is 0.581. The van der Waals surface area contributed by atoms with Gasteiger partial charge in [-0.3, -0.25) is 4.79 Å². The second-order valence-corrected chi connectivity index (χ2v) is 15.7. The van der Waals surface area contributed by atoms with Crippen molar-refractivity contribution in [3.63, 3.8) is 0 Å². The number of amides is 1. The van der Waals surface area contributed by atoms with Crippen molar-refractivity contribution in [1.29, 1.82) is 0 Å². The summed E-state index contributed by atoms with van der Waals surface area (Å²) in [5.74, 6) is -1.37. The van der Waals surface area contributed by atoms with Crippen molar-refractivity contribution in [3.8, 4) is 0 Å². The Morgan fingerprint density at radius 1 is 0.759 bits per heavy atom. The number of carbonyl (C=O) groups excluding carboxylic acids is 4. The van der Waals surface area contributed by atoms with Crippen LogP contribution in [0.4, 0.5) is 9.59 Å². The highest BCUT2D eigenvalue weighted by Gasteiger charge is 2.42. The lowest BCUT2D eigenvalue weighted by molar-refractivity contribution is -0.174. The molecule has 0 fully saturated rings. The lowest BCUT2D eigenvalue weighted by Crippen LogP contribution is -2.51. The van der Waals surface area contributed by atoms with Gasteiger partial charge in [0.25, 0.3) is 0 Å². The molecule has 0 aromatic heterocycles. The zero-order chi connectivity index (χ0) is 40.6. The Bertz CT molecular complexity index is 1510. The van der Waals surface area contributed by atoms with Gasteiger partial charge in [0.15, 0.2) is 6.10 Å². The van der Waals surface area contributed by atoms with Crippen LogP contribution in [0, 0.1) is 17.3 Å². The molecule has 300 valence electrons. The summed E-state index contributed by atoms with van der Waals surface area (Å²) in [7, 11) is 0. The molecule has 2 rings (SSSR count). The highest BCUT2D eigenvalue weighted by molar-refractivity contribution is 5.89. The maximum Gasteiger partial charge on any atom is 0.508 e. The summed E-state index contributed by atoms with van der Waals surface area (Å²) in [5, 5.41) is 2.82. The number of esters is 1. The van der Waals surface area contributed by atoms with Crippen LogP contribution >= 0.6 is 0 Å². The molecule has 11 nitrogen and oxygen atoms in total. The van der Waals surface area contributed by atoms with Gasteiger partial charge in [-0.05, 0) is 90.8 Å². The summed E-state index contributed by atoms with van der Waals surface area (Å²) in [6.07, 6.45) is -3.46. The molecule has 0 spiro atoms. The molecule has 0 radical (unpaired) electrons. The summed E-state index contributed by atoms with van der Waals surface area (Å²) in [5.41, 5.74) is 1.33. The Morgan fingerprint density at radius 3 is 1.83 bits per heavy atom. The van der Waals surface area contributed by atoms with Crippen molar-refractivity contribution in [2.45, 2.75) is 139 Å². The monoisotopic (exact) mass is 753 g/mol. The summed E-state index contributed by atoms with van der Waals surface area (Å²) in [6.45, 7) is 21.8. The Hall–Kier alpha value is -4.22. The number of rotatable bonds is 20. The first-order valence-electron chi connectivity index (χ1n) is 18.8. The predicted octanol–water partition coefficient (Wildman–Crippen LogP) is 9.12. The van der Waals surface area contributed by atoms with E-state index in [2.05, 4.69) is 5.32 Å². The average molecular weight is 754 g/mol. The number of ether oxygens (including phenoxy) is 6. The molecule has 0 aliphatic carbocycles. The van der Waals surface area contributed by atoms with Crippen LogP contribution in [0.25, 0.3) is 0 Å². The van der Waals surface area contributed by atoms with Crippen molar-refractivity contribution in [3.05, 3.63) is 82.9 Å². The molecule has 0 saturated carbocycles. The molecule has 2 aromatic carbocycles. The predicted molar refractivity (Wildman–Crippen MR) is 207 cm³/mol. The minimum Gasteiger partial charge on any atom is -0.456 e. The number of Topliss-reactive ketones (excluding diaryl/α,β-unsaturated/α-hetero) is 1. The number of alkyl carbamates (subject to hydrolysis) is 1. The van der Waals surface area contributed by atoms with E-state index in [4.69, 9.17) is 28.4 Å². The summed E-state index contributed by atoms with van der Waals surface area (Å²) < 4.78 is 34.2. The normalized spacial score (nSPS) is 15.2. The van der Waals surface area contributed by atoms with Gasteiger partial charge in [0.05, 0.1) is 18.1 Å². The van der Waals surface area contributed by atoms with Gasteiger partial charge in [0, 0.05) is 5.92 Å². The van der Waals surface area contributed by atoms with E-state index in [0.29, 0.717) is 24.0 Å². The van der Waals surface area contributed by atoms with Crippen LogP contribution in [0.15, 0.2) is 71.8 Å². The standard InChI is InChI=1S/C43H63NO10/c1-13-36(53-41(48)50-26-34-22-18-15-19-23-34)43(11,12)38(45)31(6)29(4)30(5)32(7)52-39(46)37(51-27-49-25-33-20-16-14-17-21-33)35(24-28(2)3)44-40(47)54-42(8,9)10/h14-23,28,31-32,35-37H,13,24-27H2,1-12H3,(H,44,47)/b30-29+/t31-,32?,35+,36+,37?/m1/s1. The van der Waals surface area contributed by atoms with Gasteiger partial charge in [-0.15, -0.1) is 0 Å². The van der Waals surface area contributed by atoms with E-state index in [1.54, 1.807) is 48.5 Å². The molecule has 0 aliphatic heterocycles. The summed E-state index contributed by atoms with van der Waals surface area (Å²) in [6, 6.07) is 18.0. The van der Waals surface area contributed by atoms with E-state index >= 15 is 0 Å². The van der Waals surface area contributed by atoms with Gasteiger partial charge in [0.1, 0.15) is 37.0 Å². The summed E-state index contributed by atoms with van der Waals surface area (Å²) in [4.78, 5) is 53.5. The Kier molecular flexibility index (Phi) is 18.4. The number of carbonyl (C=O) groups is 4. The highest BCUT2D eigenvalue weighted by atomic mass is 16.7. The molecule has 0 aliphatic rings. The van der Waals surface area contributed by atoms with Gasteiger partial charge < -0.3 is 33.7 Å². The van der Waals surface area contributed by atoms with E-state index in [-0.39, 0.29) is 31.7 Å². The molecule has 54 heavy (non-hydrogen) atoms. The number of benzene rings is 2. The molecular weight excluding hydrogens is 690 g/mol. The molecule has 0 saturated heterocycles. The lowest BCUT2D eigenvalue weighted by Gasteiger charge is -2.34. The molecule has 0 heterocycles. The topological polar surface area (TPSA) is 136 Å². The minimum absolute atomic E-state index is 0.0560. The summed E-state index contributed by atoms with van der Waals surface area (Å²) >= 11 is 0. The number of allylic oxidation sites excluding steroid dienone is 1. The molecule has 11 heteroatoms. The number of hydrogen-bond acceptors (Lipinski definition) is 10. The first-order chi connectivity index (χ1) is 25.3. The van der Waals surface area contributed by atoms with Crippen molar-refractivity contribution < 1.29 is 47.6 Å². The van der Waals surface area contributed by atoms with Crippen LogP contribution in [0.5, 0.6) is 0 Å². The van der Waals surface area contributed by atoms with Crippen LogP contribution in [0.3, 0.4) is 0 Å². The third-order valence-corrected chi connectivity index (χ3v) is 9.28. The fourth-order valence-corrected chi connectivity index (χ4v) is 5.94. The smallest absolute Gasteiger partial charge is 0.456 e. The number of nitrogens with one attached hydrogen (secondary N) is 1. The Labute approximate surface area is 322 Å². The molecular formula is C43H63NO10. The van der Waals surface area contributed by atoms with E-state index in [0.717, 1.165) is 11.1 Å². The third-order valence-electron chi connectivity index (χ3n) is 9.28. The van der Waals surface area contributed by atoms with Gasteiger partial charge in [-0.2, -0.15) is 0 Å². The zero-order valence-electron chi connectivity index (χ0n) is 34.4. The Balaban J connectivity index is 2.23. The van der Waals surface area contributed by atoms with E-state index < -0.39 is 59.5 Å². The average Bonchev–Trinajstić information content (AvgIpc) is 3.11. The molecule has 1 amide bonds. The molecule has 1 N–H and O–H groups in total. The maximum absolute atomic E-state index is 14.0. The van der Waals surface area contributed by atoms with E-state index in [1.807, 2.05) is 95.3 Å². The molecule has 2 aromatic rings. The zero-order valence-corrected chi connectivity index (χ0v) is 34.4. The second kappa shape index (κ2) is 21.6. The van der Waals surface area contributed by atoms with Gasteiger partial charge in [-0.25, -0.2) is 14.4 Å². The van der Waals surface area contributed by atoms with Crippen molar-refractivity contribution in [2.75, 3.05) is 6.79 Å². The maximum atomic E-state index is 14.0. The van der Waals surface area contributed by atoms with Crippen LogP contribution in [-0.2, 0) is 51.2 Å². The van der Waals surface area contributed by atoms with Crippen LogP contribution in [0.1, 0.15) is 107 Å². The highest BCUT2D eigenvalue weighted by Crippen LogP contribution is 2.34.